The first kappa shape index (κ1) is 14.7. The van der Waals surface area contributed by atoms with Crippen LogP contribution in [0.2, 0.25) is 0 Å². The zero-order chi connectivity index (χ0) is 10.4. The first-order valence-corrected chi connectivity index (χ1v) is 5.34. The number of halogens is 2. The summed E-state index contributed by atoms with van der Waals surface area (Å²) in [4.78, 5) is 2.79. The van der Waals surface area contributed by atoms with Gasteiger partial charge < -0.3 is 12.4 Å². The molecule has 0 atom stereocenters. The molecule has 0 fully saturated rings. The van der Waals surface area contributed by atoms with Crippen molar-refractivity contribution in [3.63, 3.8) is 0 Å². The van der Waals surface area contributed by atoms with Crippen LogP contribution in [0.4, 0.5) is 0 Å². The van der Waals surface area contributed by atoms with Gasteiger partial charge in [-0.2, -0.15) is 0 Å². The lowest BCUT2D eigenvalue weighted by Gasteiger charge is -2.20. The van der Waals surface area contributed by atoms with Crippen LogP contribution in [0.5, 0.6) is 0 Å². The number of nitrogens with zero attached hydrogens (tertiary/aromatic N) is 1. The fourth-order valence-electron chi connectivity index (χ4n) is 1.33. The molecule has 0 saturated heterocycles. The molecule has 0 bridgehead atoms. The molecule has 0 spiro atoms. The van der Waals surface area contributed by atoms with Crippen molar-refractivity contribution in [1.82, 2.24) is 4.84 Å². The Morgan fingerprint density at radius 3 is 2.33 bits per heavy atom. The Kier molecular flexibility index (Phi) is 6.90. The summed E-state index contributed by atoms with van der Waals surface area (Å²) in [6, 6.07) is 6.12. The lowest BCUT2D eigenvalue weighted by molar-refractivity contribution is -0.697. The zero-order valence-electron chi connectivity index (χ0n) is 9.21. The molecule has 0 aliphatic carbocycles. The SMILES string of the molecule is CC(C)(CCC[n+]1ccccc1)NCl.[Cl-]. The zero-order valence-corrected chi connectivity index (χ0v) is 10.7. The van der Waals surface area contributed by atoms with Crippen LogP contribution in [-0.2, 0) is 6.54 Å². The maximum atomic E-state index is 5.62. The van der Waals surface area contributed by atoms with Gasteiger partial charge in [-0.3, -0.25) is 0 Å². The van der Waals surface area contributed by atoms with E-state index in [4.69, 9.17) is 11.8 Å². The van der Waals surface area contributed by atoms with Gasteiger partial charge >= 0.3 is 0 Å². The van der Waals surface area contributed by atoms with E-state index < -0.39 is 0 Å². The second-order valence-electron chi connectivity index (χ2n) is 4.20. The maximum Gasteiger partial charge on any atom is 0.168 e. The molecule has 1 rings (SSSR count). The Balaban J connectivity index is 0.00000196. The van der Waals surface area contributed by atoms with Gasteiger partial charge in [-0.1, -0.05) is 6.07 Å². The van der Waals surface area contributed by atoms with Crippen molar-refractivity contribution < 1.29 is 17.0 Å². The summed E-state index contributed by atoms with van der Waals surface area (Å²) in [7, 11) is 0. The Morgan fingerprint density at radius 1 is 1.20 bits per heavy atom. The number of aryl methyl sites for hydroxylation is 1. The third-order valence-electron chi connectivity index (χ3n) is 2.25. The van der Waals surface area contributed by atoms with Gasteiger partial charge in [0, 0.05) is 24.1 Å². The quantitative estimate of drug-likeness (QED) is 0.538. The third kappa shape index (κ3) is 5.98. The highest BCUT2D eigenvalue weighted by atomic mass is 35.5. The van der Waals surface area contributed by atoms with Crippen LogP contribution in [0.15, 0.2) is 30.6 Å². The summed E-state index contributed by atoms with van der Waals surface area (Å²) in [5, 5.41) is 0. The molecule has 1 aromatic rings. The Hall–Kier alpha value is -0.310. The lowest BCUT2D eigenvalue weighted by atomic mass is 10.0. The average molecular weight is 249 g/mol. The molecule has 4 heteroatoms. The molecule has 0 aliphatic rings. The van der Waals surface area contributed by atoms with Crippen LogP contribution < -0.4 is 21.8 Å². The minimum atomic E-state index is 0. The molecule has 1 N–H and O–H groups in total. The number of rotatable bonds is 5. The summed E-state index contributed by atoms with van der Waals surface area (Å²) in [5.41, 5.74) is 0.0247. The van der Waals surface area contributed by atoms with Crippen molar-refractivity contribution in [2.24, 2.45) is 0 Å². The van der Waals surface area contributed by atoms with Crippen LogP contribution >= 0.6 is 11.8 Å². The van der Waals surface area contributed by atoms with Gasteiger partial charge in [-0.05, 0) is 32.0 Å². The van der Waals surface area contributed by atoms with Gasteiger partial charge in [0.15, 0.2) is 12.4 Å². The predicted molar refractivity (Wildman–Crippen MR) is 58.9 cm³/mol. The first-order chi connectivity index (χ1) is 6.64. The number of hydrogen-bond acceptors (Lipinski definition) is 1. The van der Waals surface area contributed by atoms with Crippen LogP contribution in [0, 0.1) is 0 Å². The fourth-order valence-corrected chi connectivity index (χ4v) is 1.43. The Labute approximate surface area is 103 Å². The molecule has 0 aliphatic heterocycles. The monoisotopic (exact) mass is 248 g/mol. The van der Waals surface area contributed by atoms with Crippen LogP contribution in [0.3, 0.4) is 0 Å². The van der Waals surface area contributed by atoms with E-state index in [1.165, 1.54) is 0 Å². The van der Waals surface area contributed by atoms with Gasteiger partial charge in [0.1, 0.15) is 6.54 Å². The van der Waals surface area contributed by atoms with Crippen molar-refractivity contribution in [2.75, 3.05) is 0 Å². The normalized spacial score (nSPS) is 10.9. The van der Waals surface area contributed by atoms with E-state index in [1.807, 2.05) is 18.2 Å². The Morgan fingerprint density at radius 2 is 1.80 bits per heavy atom. The smallest absolute Gasteiger partial charge is 0.168 e. The van der Waals surface area contributed by atoms with E-state index in [0.29, 0.717) is 0 Å². The maximum absolute atomic E-state index is 5.62. The summed E-state index contributed by atoms with van der Waals surface area (Å²) in [6.07, 6.45) is 6.36. The summed E-state index contributed by atoms with van der Waals surface area (Å²) >= 11 is 5.62. The minimum absolute atomic E-state index is 0. The van der Waals surface area contributed by atoms with Crippen molar-refractivity contribution >= 4 is 11.8 Å². The summed E-state index contributed by atoms with van der Waals surface area (Å²) < 4.78 is 2.18. The molecule has 15 heavy (non-hydrogen) atoms. The molecule has 0 amide bonds. The molecule has 0 aromatic carbocycles. The second kappa shape index (κ2) is 7.04. The molecule has 86 valence electrons. The molecular formula is C11H18Cl2N2. The third-order valence-corrected chi connectivity index (χ3v) is 2.76. The van der Waals surface area contributed by atoms with Gasteiger partial charge in [-0.25, -0.2) is 9.40 Å². The van der Waals surface area contributed by atoms with Crippen molar-refractivity contribution in [3.8, 4) is 0 Å². The van der Waals surface area contributed by atoms with Crippen LogP contribution in [-0.4, -0.2) is 5.54 Å². The van der Waals surface area contributed by atoms with Gasteiger partial charge in [0.05, 0.1) is 0 Å². The number of aromatic nitrogens is 1. The molecule has 1 heterocycles. The topological polar surface area (TPSA) is 15.9 Å². The standard InChI is InChI=1S/C11H18ClN2.ClH/c1-11(2,13-12)7-6-10-14-8-4-3-5-9-14;/h3-5,8-9,13H,6-7,10H2,1-2H3;1H/q+1;/p-1. The highest BCUT2D eigenvalue weighted by molar-refractivity contribution is 6.13. The lowest BCUT2D eigenvalue weighted by Crippen LogP contribution is -3.00. The molecule has 0 unspecified atom stereocenters. The van der Waals surface area contributed by atoms with E-state index in [-0.39, 0.29) is 17.9 Å². The molecule has 2 nitrogen and oxygen atoms in total. The number of pyridine rings is 1. The number of nitrogens with one attached hydrogen (secondary N) is 1. The van der Waals surface area contributed by atoms with Crippen molar-refractivity contribution in [3.05, 3.63) is 30.6 Å². The molecule has 0 radical (unpaired) electrons. The van der Waals surface area contributed by atoms with Gasteiger partial charge in [-0.15, -0.1) is 0 Å². The predicted octanol–water partition coefficient (Wildman–Crippen LogP) is -0.720. The van der Waals surface area contributed by atoms with Gasteiger partial charge in [0.2, 0.25) is 0 Å². The van der Waals surface area contributed by atoms with Crippen LogP contribution in [0.25, 0.3) is 0 Å². The minimum Gasteiger partial charge on any atom is -1.00 e. The van der Waals surface area contributed by atoms with Crippen molar-refractivity contribution in [1.29, 1.82) is 0 Å². The second-order valence-corrected chi connectivity index (χ2v) is 4.38. The van der Waals surface area contributed by atoms with Crippen molar-refractivity contribution in [2.45, 2.75) is 38.8 Å². The molecule has 0 saturated carbocycles. The summed E-state index contributed by atoms with van der Waals surface area (Å²) in [5.74, 6) is 0. The van der Waals surface area contributed by atoms with E-state index >= 15 is 0 Å². The van der Waals surface area contributed by atoms with Crippen LogP contribution in [0.1, 0.15) is 26.7 Å². The average Bonchev–Trinajstić information content (AvgIpc) is 2.19. The van der Waals surface area contributed by atoms with Gasteiger partial charge in [0.25, 0.3) is 0 Å². The van der Waals surface area contributed by atoms with E-state index in [2.05, 4.69) is 35.6 Å². The molecular weight excluding hydrogens is 231 g/mol. The largest absolute Gasteiger partial charge is 1.00 e. The Bertz CT molecular complexity index is 263. The van der Waals surface area contributed by atoms with E-state index in [0.717, 1.165) is 19.4 Å². The fraction of sp³-hybridized carbons (Fsp3) is 0.545. The van der Waals surface area contributed by atoms with E-state index in [9.17, 15) is 0 Å². The number of hydrogen-bond donors (Lipinski definition) is 1. The summed E-state index contributed by atoms with van der Waals surface area (Å²) in [6.45, 7) is 5.26. The molecule has 1 aromatic heterocycles. The first-order valence-electron chi connectivity index (χ1n) is 4.96. The highest BCUT2D eigenvalue weighted by Gasteiger charge is 2.15. The van der Waals surface area contributed by atoms with E-state index in [1.54, 1.807) is 0 Å². The highest BCUT2D eigenvalue weighted by Crippen LogP contribution is 2.11.